The molecule has 0 radical (unpaired) electrons. The zero-order chi connectivity index (χ0) is 11.1. The first-order valence-corrected chi connectivity index (χ1v) is 3.97. The van der Waals surface area contributed by atoms with Crippen molar-refractivity contribution in [3.05, 3.63) is 0 Å². The molecule has 6 heteroatoms. The maximum atomic E-state index is 10.8. The van der Waals surface area contributed by atoms with E-state index >= 15 is 0 Å². The third kappa shape index (κ3) is 5.02. The van der Waals surface area contributed by atoms with Gasteiger partial charge in [-0.1, -0.05) is 0 Å². The Morgan fingerprint density at radius 2 is 1.36 bits per heavy atom. The van der Waals surface area contributed by atoms with Gasteiger partial charge >= 0.3 is 17.7 Å². The van der Waals surface area contributed by atoms with Crippen molar-refractivity contribution >= 4 is 23.5 Å². The normalized spacial score (nSPS) is 9.43. The quantitative estimate of drug-likeness (QED) is 0.337. The maximum absolute atomic E-state index is 10.8. The predicted molar refractivity (Wildman–Crippen MR) is 43.8 cm³/mol. The van der Waals surface area contributed by atoms with E-state index < -0.39 is 23.5 Å². The van der Waals surface area contributed by atoms with Crippen molar-refractivity contribution < 1.29 is 29.4 Å². The van der Waals surface area contributed by atoms with E-state index in [1.54, 1.807) is 0 Å². The van der Waals surface area contributed by atoms with Gasteiger partial charge in [0.2, 0.25) is 5.78 Å². The number of Topliss-reactive ketones (excluding diaryl/α,β-unsaturated/α-hetero) is 2. The van der Waals surface area contributed by atoms with Crippen molar-refractivity contribution in [2.75, 3.05) is 0 Å². The summed E-state index contributed by atoms with van der Waals surface area (Å²) in [7, 11) is 0. The molecule has 6 nitrogen and oxygen atoms in total. The Labute approximate surface area is 79.5 Å². The summed E-state index contributed by atoms with van der Waals surface area (Å²) in [5, 5.41) is 16.4. The van der Waals surface area contributed by atoms with Crippen LogP contribution in [0.5, 0.6) is 0 Å². The van der Waals surface area contributed by atoms with Crippen LogP contribution in [0.3, 0.4) is 0 Å². The van der Waals surface area contributed by atoms with E-state index in [0.717, 1.165) is 0 Å². The van der Waals surface area contributed by atoms with E-state index in [1.165, 1.54) is 0 Å². The van der Waals surface area contributed by atoms with E-state index in [1.807, 2.05) is 0 Å². The highest BCUT2D eigenvalue weighted by Gasteiger charge is 2.20. The molecule has 0 atom stereocenters. The SMILES string of the molecule is O=C(O)CCCCC(=O)C(=O)C(=O)O. The fourth-order valence-electron chi connectivity index (χ4n) is 0.795. The molecule has 0 aromatic heterocycles. The van der Waals surface area contributed by atoms with Gasteiger partial charge < -0.3 is 10.2 Å². The molecule has 0 aliphatic carbocycles. The molecule has 78 valence electrons. The first-order chi connectivity index (χ1) is 6.45. The Morgan fingerprint density at radius 1 is 0.857 bits per heavy atom. The predicted octanol–water partition coefficient (Wildman–Crippen LogP) is -0.146. The van der Waals surface area contributed by atoms with Crippen molar-refractivity contribution in [2.24, 2.45) is 0 Å². The van der Waals surface area contributed by atoms with Gasteiger partial charge in [-0.15, -0.1) is 0 Å². The molecule has 0 aliphatic rings. The molecule has 14 heavy (non-hydrogen) atoms. The van der Waals surface area contributed by atoms with Crippen LogP contribution in [0.2, 0.25) is 0 Å². The van der Waals surface area contributed by atoms with Gasteiger partial charge in [0.1, 0.15) is 0 Å². The molecule has 0 fully saturated rings. The summed E-state index contributed by atoms with van der Waals surface area (Å²) in [6, 6.07) is 0. The average Bonchev–Trinajstić information content (AvgIpc) is 2.10. The van der Waals surface area contributed by atoms with Gasteiger partial charge in [0.25, 0.3) is 0 Å². The molecule has 0 unspecified atom stereocenters. The lowest BCUT2D eigenvalue weighted by atomic mass is 10.1. The van der Waals surface area contributed by atoms with Crippen LogP contribution in [0.4, 0.5) is 0 Å². The zero-order valence-electron chi connectivity index (χ0n) is 7.36. The average molecular weight is 202 g/mol. The first kappa shape index (κ1) is 12.3. The van der Waals surface area contributed by atoms with Gasteiger partial charge in [0, 0.05) is 12.8 Å². The molecule has 0 aromatic rings. The van der Waals surface area contributed by atoms with Crippen molar-refractivity contribution in [1.29, 1.82) is 0 Å². The first-order valence-electron chi connectivity index (χ1n) is 3.97. The summed E-state index contributed by atoms with van der Waals surface area (Å²) in [4.78, 5) is 41.3. The number of ketones is 2. The van der Waals surface area contributed by atoms with E-state index in [-0.39, 0.29) is 25.7 Å². The summed E-state index contributed by atoms with van der Waals surface area (Å²) in [5.74, 6) is -5.18. The summed E-state index contributed by atoms with van der Waals surface area (Å²) in [5.41, 5.74) is 0. The molecule has 0 bridgehead atoms. The minimum absolute atomic E-state index is 0.0887. The highest BCUT2D eigenvalue weighted by atomic mass is 16.4. The molecular formula is C8H10O6. The molecule has 0 heterocycles. The van der Waals surface area contributed by atoms with Gasteiger partial charge in [-0.25, -0.2) is 4.79 Å². The fraction of sp³-hybridized carbons (Fsp3) is 0.500. The smallest absolute Gasteiger partial charge is 0.380 e. The molecule has 0 amide bonds. The van der Waals surface area contributed by atoms with Crippen LogP contribution in [0.25, 0.3) is 0 Å². The van der Waals surface area contributed by atoms with Crippen LogP contribution in [0.15, 0.2) is 0 Å². The number of carboxylic acids is 2. The van der Waals surface area contributed by atoms with Crippen molar-refractivity contribution in [3.8, 4) is 0 Å². The minimum atomic E-state index is -1.77. The summed E-state index contributed by atoms with van der Waals surface area (Å²) < 4.78 is 0. The standard InChI is InChI=1S/C8H10O6/c9-5(7(12)8(13)14)3-1-2-4-6(10)11/h1-4H2,(H,10,11)(H,13,14). The molecule has 0 spiro atoms. The van der Waals surface area contributed by atoms with E-state index in [4.69, 9.17) is 10.2 Å². The number of carboxylic acid groups (broad SMARTS) is 2. The van der Waals surface area contributed by atoms with Gasteiger partial charge in [-0.3, -0.25) is 14.4 Å². The number of aliphatic carboxylic acids is 2. The number of carbonyl (C=O) groups excluding carboxylic acids is 2. The van der Waals surface area contributed by atoms with Crippen molar-refractivity contribution in [2.45, 2.75) is 25.7 Å². The Hall–Kier alpha value is -1.72. The highest BCUT2D eigenvalue weighted by molar-refractivity contribution is 6.61. The number of carbonyl (C=O) groups is 4. The Morgan fingerprint density at radius 3 is 1.79 bits per heavy atom. The number of rotatable bonds is 7. The van der Waals surface area contributed by atoms with Crippen LogP contribution < -0.4 is 0 Å². The second-order valence-electron chi connectivity index (χ2n) is 2.66. The van der Waals surface area contributed by atoms with E-state index in [9.17, 15) is 19.2 Å². The molecule has 0 saturated heterocycles. The zero-order valence-corrected chi connectivity index (χ0v) is 7.36. The van der Waals surface area contributed by atoms with Crippen molar-refractivity contribution in [1.82, 2.24) is 0 Å². The van der Waals surface area contributed by atoms with Crippen LogP contribution in [-0.4, -0.2) is 33.7 Å². The topological polar surface area (TPSA) is 109 Å². The minimum Gasteiger partial charge on any atom is -0.481 e. The summed E-state index contributed by atoms with van der Waals surface area (Å²) in [6.07, 6.45) is 0.172. The third-order valence-corrected chi connectivity index (χ3v) is 1.49. The highest BCUT2D eigenvalue weighted by Crippen LogP contribution is 2.01. The van der Waals surface area contributed by atoms with Gasteiger partial charge in [-0.05, 0) is 12.8 Å². The Kier molecular flexibility index (Phi) is 5.13. The molecule has 2 N–H and O–H groups in total. The van der Waals surface area contributed by atoms with Crippen LogP contribution in [-0.2, 0) is 19.2 Å². The second-order valence-corrected chi connectivity index (χ2v) is 2.66. The molecular weight excluding hydrogens is 192 g/mol. The van der Waals surface area contributed by atoms with Crippen LogP contribution in [0.1, 0.15) is 25.7 Å². The number of hydrogen-bond acceptors (Lipinski definition) is 4. The third-order valence-electron chi connectivity index (χ3n) is 1.49. The molecule has 0 rings (SSSR count). The number of unbranched alkanes of at least 4 members (excludes halogenated alkanes) is 1. The van der Waals surface area contributed by atoms with Gasteiger partial charge in [-0.2, -0.15) is 0 Å². The molecule has 0 aliphatic heterocycles. The van der Waals surface area contributed by atoms with Gasteiger partial charge in [0.15, 0.2) is 0 Å². The summed E-state index contributed by atoms with van der Waals surface area (Å²) in [6.45, 7) is 0. The maximum Gasteiger partial charge on any atom is 0.380 e. The Balaban J connectivity index is 3.70. The number of hydrogen-bond donors (Lipinski definition) is 2. The van der Waals surface area contributed by atoms with E-state index in [2.05, 4.69) is 0 Å². The monoisotopic (exact) mass is 202 g/mol. The molecule has 0 aromatic carbocycles. The lowest BCUT2D eigenvalue weighted by molar-refractivity contribution is -0.153. The van der Waals surface area contributed by atoms with E-state index in [0.29, 0.717) is 0 Å². The van der Waals surface area contributed by atoms with Gasteiger partial charge in [0.05, 0.1) is 0 Å². The summed E-state index contributed by atoms with van der Waals surface area (Å²) >= 11 is 0. The van der Waals surface area contributed by atoms with Crippen LogP contribution >= 0.6 is 0 Å². The Bertz CT molecular complexity index is 267. The van der Waals surface area contributed by atoms with Crippen LogP contribution in [0, 0.1) is 0 Å². The lowest BCUT2D eigenvalue weighted by Gasteiger charge is -1.95. The van der Waals surface area contributed by atoms with Crippen molar-refractivity contribution in [3.63, 3.8) is 0 Å². The second kappa shape index (κ2) is 5.85. The largest absolute Gasteiger partial charge is 0.481 e. The fourth-order valence-corrected chi connectivity index (χ4v) is 0.795. The lowest BCUT2D eigenvalue weighted by Crippen LogP contribution is -2.22. The molecule has 0 saturated carbocycles.